The van der Waals surface area contributed by atoms with Gasteiger partial charge in [0.05, 0.1) is 4.90 Å². The molecule has 134 valence electrons. The van der Waals surface area contributed by atoms with Gasteiger partial charge in [0.1, 0.15) is 5.15 Å². The molecular formula is C17H20ClN3O3S. The monoisotopic (exact) mass is 381 g/mol. The minimum atomic E-state index is -3.47. The number of hydrogen-bond donors (Lipinski definition) is 1. The lowest BCUT2D eigenvalue weighted by atomic mass is 10.2. The number of carbonyl (C=O) groups excluding carboxylic acids is 1. The van der Waals surface area contributed by atoms with Crippen molar-refractivity contribution < 1.29 is 13.2 Å². The maximum Gasteiger partial charge on any atom is 0.251 e. The Morgan fingerprint density at radius 2 is 1.80 bits per heavy atom. The molecule has 0 fully saturated rings. The summed E-state index contributed by atoms with van der Waals surface area (Å²) < 4.78 is 26.3. The number of halogens is 1. The highest BCUT2D eigenvalue weighted by atomic mass is 35.5. The first kappa shape index (κ1) is 19.4. The van der Waals surface area contributed by atoms with Crippen molar-refractivity contribution in [3.8, 4) is 0 Å². The lowest BCUT2D eigenvalue weighted by Crippen LogP contribution is -2.30. The third kappa shape index (κ3) is 4.78. The predicted molar refractivity (Wildman–Crippen MR) is 97.0 cm³/mol. The number of carbonyl (C=O) groups is 1. The van der Waals surface area contributed by atoms with E-state index in [9.17, 15) is 13.2 Å². The summed E-state index contributed by atoms with van der Waals surface area (Å²) in [4.78, 5) is 16.1. The van der Waals surface area contributed by atoms with E-state index in [1.807, 2.05) is 0 Å². The van der Waals surface area contributed by atoms with E-state index >= 15 is 0 Å². The van der Waals surface area contributed by atoms with Crippen molar-refractivity contribution in [2.24, 2.45) is 0 Å². The molecule has 2 aromatic rings. The zero-order valence-corrected chi connectivity index (χ0v) is 15.6. The summed E-state index contributed by atoms with van der Waals surface area (Å²) in [5.74, 6) is -0.274. The van der Waals surface area contributed by atoms with Crippen molar-refractivity contribution in [2.45, 2.75) is 25.3 Å². The Bertz CT molecular complexity index is 834. The molecule has 1 heterocycles. The van der Waals surface area contributed by atoms with Gasteiger partial charge in [0.2, 0.25) is 10.0 Å². The van der Waals surface area contributed by atoms with E-state index < -0.39 is 10.0 Å². The van der Waals surface area contributed by atoms with Crippen LogP contribution >= 0.6 is 11.6 Å². The van der Waals surface area contributed by atoms with Crippen molar-refractivity contribution >= 4 is 27.5 Å². The zero-order valence-electron chi connectivity index (χ0n) is 14.1. The molecule has 0 unspecified atom stereocenters. The van der Waals surface area contributed by atoms with E-state index in [1.54, 1.807) is 44.2 Å². The molecule has 8 heteroatoms. The molecule has 0 aliphatic heterocycles. The van der Waals surface area contributed by atoms with E-state index in [1.165, 1.54) is 16.6 Å². The highest BCUT2D eigenvalue weighted by Gasteiger charge is 2.21. The number of nitrogens with zero attached hydrogens (tertiary/aromatic N) is 2. The largest absolute Gasteiger partial charge is 0.348 e. The second kappa shape index (κ2) is 8.42. The fraction of sp³-hybridized carbons (Fsp3) is 0.294. The van der Waals surface area contributed by atoms with Crippen molar-refractivity contribution in [3.63, 3.8) is 0 Å². The number of rotatable bonds is 7. The zero-order chi connectivity index (χ0) is 18.4. The summed E-state index contributed by atoms with van der Waals surface area (Å²) in [6, 6.07) is 9.54. The Balaban J connectivity index is 2.04. The Labute approximate surface area is 152 Å². The normalized spacial score (nSPS) is 11.5. The van der Waals surface area contributed by atoms with Crippen LogP contribution in [-0.2, 0) is 16.6 Å². The summed E-state index contributed by atoms with van der Waals surface area (Å²) in [6.07, 6.45) is 1.46. The summed E-state index contributed by atoms with van der Waals surface area (Å²) >= 11 is 5.76. The number of amides is 1. The van der Waals surface area contributed by atoms with Crippen LogP contribution in [-0.4, -0.2) is 36.7 Å². The number of benzene rings is 1. The topological polar surface area (TPSA) is 79.4 Å². The van der Waals surface area contributed by atoms with Crippen molar-refractivity contribution in [1.29, 1.82) is 0 Å². The first-order valence-electron chi connectivity index (χ1n) is 7.87. The van der Waals surface area contributed by atoms with Crippen LogP contribution in [0.4, 0.5) is 0 Å². The summed E-state index contributed by atoms with van der Waals surface area (Å²) in [5.41, 5.74) is 1.22. The van der Waals surface area contributed by atoms with Crippen LogP contribution in [0.25, 0.3) is 0 Å². The standard InChI is InChI=1S/C17H20ClN3O3S/c1-3-21(4-2)25(23,24)15-7-5-13(6-8-15)12-20-17(22)14-9-10-19-16(18)11-14/h5-11H,3-4,12H2,1-2H3,(H,20,22). The van der Waals surface area contributed by atoms with E-state index in [2.05, 4.69) is 10.3 Å². The van der Waals surface area contributed by atoms with Gasteiger partial charge in [0.25, 0.3) is 5.91 Å². The smallest absolute Gasteiger partial charge is 0.251 e. The Kier molecular flexibility index (Phi) is 6.52. The van der Waals surface area contributed by atoms with Crippen LogP contribution < -0.4 is 5.32 Å². The molecule has 1 aromatic heterocycles. The minimum absolute atomic E-state index is 0.243. The van der Waals surface area contributed by atoms with Crippen LogP contribution in [0.3, 0.4) is 0 Å². The summed E-state index contributed by atoms with van der Waals surface area (Å²) in [7, 11) is -3.47. The van der Waals surface area contributed by atoms with Gasteiger partial charge in [-0.25, -0.2) is 13.4 Å². The summed E-state index contributed by atoms with van der Waals surface area (Å²) in [5, 5.41) is 3.01. The van der Waals surface area contributed by atoms with Gasteiger partial charge in [-0.2, -0.15) is 4.31 Å². The molecule has 0 radical (unpaired) electrons. The first-order chi connectivity index (χ1) is 11.9. The molecule has 6 nitrogen and oxygen atoms in total. The van der Waals surface area contributed by atoms with Gasteiger partial charge in [-0.05, 0) is 29.8 Å². The molecule has 0 aliphatic carbocycles. The van der Waals surface area contributed by atoms with Gasteiger partial charge in [0.15, 0.2) is 0 Å². The number of pyridine rings is 1. The van der Waals surface area contributed by atoms with Crippen molar-refractivity contribution in [1.82, 2.24) is 14.6 Å². The number of nitrogens with one attached hydrogen (secondary N) is 1. The quantitative estimate of drug-likeness (QED) is 0.748. The number of sulfonamides is 1. The summed E-state index contributed by atoms with van der Waals surface area (Å²) in [6.45, 7) is 4.73. The molecule has 1 aromatic carbocycles. The van der Waals surface area contributed by atoms with Gasteiger partial charge >= 0.3 is 0 Å². The molecule has 0 saturated heterocycles. The predicted octanol–water partition coefficient (Wildman–Crippen LogP) is 2.70. The van der Waals surface area contributed by atoms with Gasteiger partial charge in [-0.3, -0.25) is 4.79 Å². The minimum Gasteiger partial charge on any atom is -0.348 e. The molecule has 0 saturated carbocycles. The second-order valence-corrected chi connectivity index (χ2v) is 7.61. The SMILES string of the molecule is CCN(CC)S(=O)(=O)c1ccc(CNC(=O)c2ccnc(Cl)c2)cc1. The third-order valence-electron chi connectivity index (χ3n) is 3.71. The van der Waals surface area contributed by atoms with E-state index in [0.717, 1.165) is 5.56 Å². The molecule has 1 amide bonds. The highest BCUT2D eigenvalue weighted by Crippen LogP contribution is 2.16. The van der Waals surface area contributed by atoms with E-state index in [4.69, 9.17) is 11.6 Å². The van der Waals surface area contributed by atoms with Crippen LogP contribution in [0.1, 0.15) is 29.8 Å². The maximum atomic E-state index is 12.4. The fourth-order valence-electron chi connectivity index (χ4n) is 2.32. The average Bonchev–Trinajstić information content (AvgIpc) is 2.61. The molecule has 25 heavy (non-hydrogen) atoms. The molecule has 0 atom stereocenters. The van der Waals surface area contributed by atoms with E-state index in [0.29, 0.717) is 18.7 Å². The molecule has 2 rings (SSSR count). The molecule has 0 spiro atoms. The number of hydrogen-bond acceptors (Lipinski definition) is 4. The lowest BCUT2D eigenvalue weighted by molar-refractivity contribution is 0.0950. The maximum absolute atomic E-state index is 12.4. The van der Waals surface area contributed by atoms with Gasteiger partial charge in [-0.15, -0.1) is 0 Å². The van der Waals surface area contributed by atoms with Crippen molar-refractivity contribution in [3.05, 3.63) is 58.9 Å². The molecule has 1 N–H and O–H groups in total. The van der Waals surface area contributed by atoms with Crippen LogP contribution in [0.2, 0.25) is 5.15 Å². The second-order valence-electron chi connectivity index (χ2n) is 5.28. The van der Waals surface area contributed by atoms with E-state index in [-0.39, 0.29) is 22.5 Å². The first-order valence-corrected chi connectivity index (χ1v) is 9.69. The third-order valence-corrected chi connectivity index (χ3v) is 5.98. The Hall–Kier alpha value is -1.96. The fourth-order valence-corrected chi connectivity index (χ4v) is 3.95. The Morgan fingerprint density at radius 1 is 1.16 bits per heavy atom. The van der Waals surface area contributed by atoms with Crippen molar-refractivity contribution in [2.75, 3.05) is 13.1 Å². The Morgan fingerprint density at radius 3 is 2.36 bits per heavy atom. The van der Waals surface area contributed by atoms with Crippen LogP contribution in [0.15, 0.2) is 47.5 Å². The van der Waals surface area contributed by atoms with Gasteiger partial charge < -0.3 is 5.32 Å². The molecular weight excluding hydrogens is 362 g/mol. The van der Waals surface area contributed by atoms with Gasteiger partial charge in [-0.1, -0.05) is 37.6 Å². The average molecular weight is 382 g/mol. The van der Waals surface area contributed by atoms with Crippen LogP contribution in [0, 0.1) is 0 Å². The van der Waals surface area contributed by atoms with Gasteiger partial charge in [0, 0.05) is 31.4 Å². The van der Waals surface area contributed by atoms with Crippen LogP contribution in [0.5, 0.6) is 0 Å². The highest BCUT2D eigenvalue weighted by molar-refractivity contribution is 7.89. The molecule has 0 bridgehead atoms. The number of aromatic nitrogens is 1. The molecule has 0 aliphatic rings. The lowest BCUT2D eigenvalue weighted by Gasteiger charge is -2.18.